The summed E-state index contributed by atoms with van der Waals surface area (Å²) >= 11 is 6.06. The molecule has 0 bridgehead atoms. The molecule has 2 N–H and O–H groups in total. The maximum absolute atomic E-state index is 11.0. The molecule has 0 aliphatic rings. The van der Waals surface area contributed by atoms with E-state index < -0.39 is 5.91 Å². The summed E-state index contributed by atoms with van der Waals surface area (Å²) < 4.78 is 5.72. The van der Waals surface area contributed by atoms with Gasteiger partial charge in [0.25, 0.3) is 0 Å². The average molecular weight is 290 g/mol. The summed E-state index contributed by atoms with van der Waals surface area (Å²) in [7, 11) is 0. The van der Waals surface area contributed by atoms with Crippen LogP contribution in [0.25, 0.3) is 0 Å². The van der Waals surface area contributed by atoms with Gasteiger partial charge in [0.2, 0.25) is 5.91 Å². The third kappa shape index (κ3) is 3.52. The van der Waals surface area contributed by atoms with E-state index in [2.05, 4.69) is 0 Å². The summed E-state index contributed by atoms with van der Waals surface area (Å²) in [6.07, 6.45) is 0.864. The number of benzene rings is 2. The van der Waals surface area contributed by atoms with E-state index in [9.17, 15) is 4.79 Å². The van der Waals surface area contributed by atoms with Crippen LogP contribution in [0, 0.1) is 0 Å². The highest BCUT2D eigenvalue weighted by atomic mass is 35.5. The van der Waals surface area contributed by atoms with Gasteiger partial charge in [-0.25, -0.2) is 0 Å². The van der Waals surface area contributed by atoms with Gasteiger partial charge in [-0.1, -0.05) is 30.7 Å². The van der Waals surface area contributed by atoms with E-state index in [1.807, 2.05) is 37.3 Å². The van der Waals surface area contributed by atoms with E-state index in [0.717, 1.165) is 28.3 Å². The van der Waals surface area contributed by atoms with Crippen molar-refractivity contribution in [3.05, 3.63) is 64.2 Å². The molecule has 4 heteroatoms. The second-order valence-electron chi connectivity index (χ2n) is 4.46. The molecule has 0 saturated carbocycles. The van der Waals surface area contributed by atoms with Crippen LogP contribution in [0.1, 0.15) is 28.4 Å². The van der Waals surface area contributed by atoms with E-state index in [1.165, 1.54) is 0 Å². The predicted octanol–water partition coefficient (Wildman–Crippen LogP) is 3.58. The van der Waals surface area contributed by atoms with Crippen molar-refractivity contribution in [2.24, 2.45) is 5.73 Å². The van der Waals surface area contributed by atoms with Crippen LogP contribution in [0.2, 0.25) is 5.02 Å². The first-order chi connectivity index (χ1) is 9.60. The fourth-order valence-electron chi connectivity index (χ4n) is 1.84. The Hall–Kier alpha value is -2.00. The zero-order valence-corrected chi connectivity index (χ0v) is 12.0. The first kappa shape index (κ1) is 14.4. The Bertz CT molecular complexity index is 608. The van der Waals surface area contributed by atoms with Crippen LogP contribution in [-0.4, -0.2) is 5.91 Å². The highest BCUT2D eigenvalue weighted by molar-refractivity contribution is 6.31. The van der Waals surface area contributed by atoms with Gasteiger partial charge >= 0.3 is 0 Å². The molecule has 2 aromatic rings. The van der Waals surface area contributed by atoms with E-state index in [1.54, 1.807) is 12.1 Å². The average Bonchev–Trinajstić information content (AvgIpc) is 2.46. The summed E-state index contributed by atoms with van der Waals surface area (Å²) in [6.45, 7) is 2.48. The van der Waals surface area contributed by atoms with Crippen LogP contribution in [-0.2, 0) is 13.0 Å². The van der Waals surface area contributed by atoms with Gasteiger partial charge in [0.1, 0.15) is 12.4 Å². The molecule has 0 fully saturated rings. The summed E-state index contributed by atoms with van der Waals surface area (Å²) in [6, 6.07) is 12.7. The molecule has 104 valence electrons. The van der Waals surface area contributed by atoms with Crippen molar-refractivity contribution in [1.82, 2.24) is 0 Å². The van der Waals surface area contributed by atoms with Gasteiger partial charge in [-0.2, -0.15) is 0 Å². The molecule has 0 aromatic heterocycles. The normalized spacial score (nSPS) is 10.3. The number of aryl methyl sites for hydroxylation is 1. The lowest BCUT2D eigenvalue weighted by Gasteiger charge is -2.09. The Balaban J connectivity index is 2.03. The predicted molar refractivity (Wildman–Crippen MR) is 80.1 cm³/mol. The number of carbonyl (C=O) groups excluding carboxylic acids is 1. The molecule has 0 unspecified atom stereocenters. The molecule has 1 amide bonds. The van der Waals surface area contributed by atoms with Gasteiger partial charge in [-0.15, -0.1) is 0 Å². The second kappa shape index (κ2) is 6.44. The lowest BCUT2D eigenvalue weighted by molar-refractivity contribution is 0.1000. The minimum absolute atomic E-state index is 0.428. The van der Waals surface area contributed by atoms with Gasteiger partial charge < -0.3 is 10.5 Å². The van der Waals surface area contributed by atoms with E-state index in [0.29, 0.717) is 12.2 Å². The minimum atomic E-state index is -0.428. The van der Waals surface area contributed by atoms with Crippen molar-refractivity contribution in [1.29, 1.82) is 0 Å². The Kier molecular flexibility index (Phi) is 4.64. The van der Waals surface area contributed by atoms with Crippen LogP contribution in [0.15, 0.2) is 42.5 Å². The molecular formula is C16H16ClNO2. The van der Waals surface area contributed by atoms with Gasteiger partial charge in [-0.3, -0.25) is 4.79 Å². The molecule has 0 saturated heterocycles. The number of carbonyl (C=O) groups is 1. The smallest absolute Gasteiger partial charge is 0.248 e. The molecule has 3 nitrogen and oxygen atoms in total. The third-order valence-electron chi connectivity index (χ3n) is 3.04. The quantitative estimate of drug-likeness (QED) is 0.914. The molecule has 0 aliphatic carbocycles. The van der Waals surface area contributed by atoms with E-state index >= 15 is 0 Å². The maximum atomic E-state index is 11.0. The minimum Gasteiger partial charge on any atom is -0.489 e. The molecule has 0 heterocycles. The van der Waals surface area contributed by atoms with E-state index in [-0.39, 0.29) is 0 Å². The van der Waals surface area contributed by atoms with Gasteiger partial charge in [0.15, 0.2) is 0 Å². The SMILES string of the molecule is CCc1cc(OCc2ccc(C(N)=O)cc2)ccc1Cl. The van der Waals surface area contributed by atoms with Crippen LogP contribution < -0.4 is 10.5 Å². The highest BCUT2D eigenvalue weighted by Crippen LogP contribution is 2.23. The summed E-state index contributed by atoms with van der Waals surface area (Å²) in [5, 5.41) is 0.755. The number of ether oxygens (including phenoxy) is 1. The number of primary amides is 1. The third-order valence-corrected chi connectivity index (χ3v) is 3.41. The summed E-state index contributed by atoms with van der Waals surface area (Å²) in [5.74, 6) is 0.355. The molecule has 20 heavy (non-hydrogen) atoms. The Morgan fingerprint density at radius 3 is 2.50 bits per heavy atom. The van der Waals surface area contributed by atoms with Crippen molar-refractivity contribution in [3.8, 4) is 5.75 Å². The molecule has 2 aromatic carbocycles. The molecule has 0 aliphatic heterocycles. The van der Waals surface area contributed by atoms with Crippen molar-refractivity contribution in [2.75, 3.05) is 0 Å². The number of halogens is 1. The van der Waals surface area contributed by atoms with Crippen LogP contribution in [0.4, 0.5) is 0 Å². The maximum Gasteiger partial charge on any atom is 0.248 e. The Morgan fingerprint density at radius 2 is 1.90 bits per heavy atom. The zero-order valence-electron chi connectivity index (χ0n) is 11.2. The summed E-state index contributed by atoms with van der Waals surface area (Å²) in [4.78, 5) is 11.0. The van der Waals surface area contributed by atoms with Crippen molar-refractivity contribution in [2.45, 2.75) is 20.0 Å². The van der Waals surface area contributed by atoms with Crippen LogP contribution in [0.5, 0.6) is 5.75 Å². The zero-order chi connectivity index (χ0) is 14.5. The Labute approximate surface area is 123 Å². The standard InChI is InChI=1S/C16H16ClNO2/c1-2-12-9-14(7-8-15(12)17)20-10-11-3-5-13(6-4-11)16(18)19/h3-9H,2,10H2,1H3,(H2,18,19). The van der Waals surface area contributed by atoms with Crippen LogP contribution >= 0.6 is 11.6 Å². The fourth-order valence-corrected chi connectivity index (χ4v) is 2.09. The van der Waals surface area contributed by atoms with Crippen molar-refractivity contribution < 1.29 is 9.53 Å². The fraction of sp³-hybridized carbons (Fsp3) is 0.188. The topological polar surface area (TPSA) is 52.3 Å². The van der Waals surface area contributed by atoms with Crippen LogP contribution in [0.3, 0.4) is 0 Å². The lowest BCUT2D eigenvalue weighted by Crippen LogP contribution is -2.10. The van der Waals surface area contributed by atoms with Crippen molar-refractivity contribution >= 4 is 17.5 Å². The molecule has 2 rings (SSSR count). The van der Waals surface area contributed by atoms with E-state index in [4.69, 9.17) is 22.1 Å². The molecule has 0 spiro atoms. The monoisotopic (exact) mass is 289 g/mol. The van der Waals surface area contributed by atoms with Gasteiger partial charge in [0, 0.05) is 10.6 Å². The van der Waals surface area contributed by atoms with Gasteiger partial charge in [0.05, 0.1) is 0 Å². The number of hydrogen-bond acceptors (Lipinski definition) is 2. The number of rotatable bonds is 5. The largest absolute Gasteiger partial charge is 0.489 e. The first-order valence-electron chi connectivity index (χ1n) is 6.40. The first-order valence-corrected chi connectivity index (χ1v) is 6.78. The number of nitrogens with two attached hydrogens (primary N) is 1. The molecule has 0 radical (unpaired) electrons. The summed E-state index contributed by atoms with van der Waals surface area (Å²) in [5.41, 5.74) is 7.72. The molecular weight excluding hydrogens is 274 g/mol. The van der Waals surface area contributed by atoms with Crippen molar-refractivity contribution in [3.63, 3.8) is 0 Å². The highest BCUT2D eigenvalue weighted by Gasteiger charge is 2.03. The van der Waals surface area contributed by atoms with Gasteiger partial charge in [-0.05, 0) is 47.9 Å². The number of hydrogen-bond donors (Lipinski definition) is 1. The lowest BCUT2D eigenvalue weighted by atomic mass is 10.1. The molecule has 0 atom stereocenters. The second-order valence-corrected chi connectivity index (χ2v) is 4.86. The Morgan fingerprint density at radius 1 is 1.20 bits per heavy atom. The number of amides is 1.